The molecule has 1 aliphatic rings. The Hall–Kier alpha value is -2.50. The molecule has 1 fully saturated rings. The molecule has 0 N–H and O–H groups in total. The predicted molar refractivity (Wildman–Crippen MR) is 84.0 cm³/mol. The van der Waals surface area contributed by atoms with Gasteiger partial charge >= 0.3 is 0 Å². The van der Waals surface area contributed by atoms with Gasteiger partial charge in [0, 0.05) is 24.8 Å². The summed E-state index contributed by atoms with van der Waals surface area (Å²) in [6, 6.07) is 5.62. The molecule has 3 heterocycles. The highest BCUT2D eigenvalue weighted by Gasteiger charge is 2.30. The number of aromatic nitrogens is 4. The number of nitrogens with zero attached hydrogens (tertiary/aromatic N) is 4. The van der Waals surface area contributed by atoms with Crippen molar-refractivity contribution in [3.8, 4) is 11.6 Å². The Bertz CT molecular complexity index is 889. The molecule has 0 aliphatic heterocycles. The summed E-state index contributed by atoms with van der Waals surface area (Å²) in [5.74, 6) is 3.29. The standard InChI is InChI=1S/C17H18N4O2/c1-3-15-19-16-9-12(8-13(22)11-5-6-11)18-17(21(16)20-15)14-7-4-10(2)23-14/h4,7,9,11H,3,5-6,8H2,1-2H3. The first-order valence-corrected chi connectivity index (χ1v) is 7.99. The molecule has 0 bridgehead atoms. The summed E-state index contributed by atoms with van der Waals surface area (Å²) in [4.78, 5) is 21.3. The van der Waals surface area contributed by atoms with E-state index in [2.05, 4.69) is 15.1 Å². The number of hydrogen-bond donors (Lipinski definition) is 0. The van der Waals surface area contributed by atoms with Crippen LogP contribution in [0.5, 0.6) is 0 Å². The van der Waals surface area contributed by atoms with Crippen molar-refractivity contribution in [1.82, 2.24) is 19.6 Å². The number of hydrogen-bond acceptors (Lipinski definition) is 5. The molecule has 23 heavy (non-hydrogen) atoms. The molecule has 118 valence electrons. The van der Waals surface area contributed by atoms with Crippen LogP contribution in [0, 0.1) is 12.8 Å². The summed E-state index contributed by atoms with van der Waals surface area (Å²) in [6.07, 6.45) is 3.11. The highest BCUT2D eigenvalue weighted by atomic mass is 16.3. The summed E-state index contributed by atoms with van der Waals surface area (Å²) in [6.45, 7) is 3.90. The topological polar surface area (TPSA) is 73.3 Å². The third kappa shape index (κ3) is 2.65. The van der Waals surface area contributed by atoms with Gasteiger partial charge in [0.1, 0.15) is 11.5 Å². The Morgan fingerprint density at radius 1 is 1.35 bits per heavy atom. The molecule has 6 nitrogen and oxygen atoms in total. The van der Waals surface area contributed by atoms with Gasteiger partial charge in [0.2, 0.25) is 0 Å². The third-order valence-corrected chi connectivity index (χ3v) is 4.09. The second-order valence-corrected chi connectivity index (χ2v) is 6.05. The lowest BCUT2D eigenvalue weighted by atomic mass is 10.1. The van der Waals surface area contributed by atoms with E-state index in [1.165, 1.54) is 0 Å². The summed E-state index contributed by atoms with van der Waals surface area (Å²) in [5.41, 5.74) is 1.44. The molecular weight excluding hydrogens is 292 g/mol. The smallest absolute Gasteiger partial charge is 0.199 e. The number of furan rings is 1. The van der Waals surface area contributed by atoms with Crippen molar-refractivity contribution in [3.05, 3.63) is 35.5 Å². The molecule has 6 heteroatoms. The fraction of sp³-hybridized carbons (Fsp3) is 0.412. The predicted octanol–water partition coefficient (Wildman–Crippen LogP) is 2.78. The zero-order valence-corrected chi connectivity index (χ0v) is 13.2. The average Bonchev–Trinajstić information content (AvgIpc) is 3.17. The van der Waals surface area contributed by atoms with Crippen molar-refractivity contribution < 1.29 is 9.21 Å². The van der Waals surface area contributed by atoms with Crippen LogP contribution in [0.2, 0.25) is 0 Å². The fourth-order valence-electron chi connectivity index (χ4n) is 2.67. The normalized spacial score (nSPS) is 14.5. The third-order valence-electron chi connectivity index (χ3n) is 4.09. The van der Waals surface area contributed by atoms with Crippen LogP contribution in [0.15, 0.2) is 22.6 Å². The molecule has 3 aromatic rings. The van der Waals surface area contributed by atoms with Crippen molar-refractivity contribution in [2.45, 2.75) is 39.5 Å². The zero-order valence-electron chi connectivity index (χ0n) is 13.2. The summed E-state index contributed by atoms with van der Waals surface area (Å²) in [5, 5.41) is 4.48. The van der Waals surface area contributed by atoms with Crippen molar-refractivity contribution in [1.29, 1.82) is 0 Å². The van der Waals surface area contributed by atoms with E-state index in [9.17, 15) is 4.79 Å². The SMILES string of the molecule is CCc1nc2cc(CC(=O)C3CC3)nc(-c3ccc(C)o3)n2n1. The van der Waals surface area contributed by atoms with Gasteiger partial charge in [-0.1, -0.05) is 6.92 Å². The molecule has 1 saturated carbocycles. The van der Waals surface area contributed by atoms with Gasteiger partial charge in [-0.05, 0) is 31.9 Å². The number of carbonyl (C=O) groups excluding carboxylic acids is 1. The molecule has 1 aliphatic carbocycles. The Balaban J connectivity index is 1.83. The van der Waals surface area contributed by atoms with Gasteiger partial charge in [-0.3, -0.25) is 4.79 Å². The minimum atomic E-state index is 0.228. The first kappa shape index (κ1) is 14.1. The Kier molecular flexibility index (Phi) is 3.25. The van der Waals surface area contributed by atoms with E-state index in [0.29, 0.717) is 23.7 Å². The number of Topliss-reactive ketones (excluding diaryl/α,β-unsaturated/α-hetero) is 1. The van der Waals surface area contributed by atoms with Crippen molar-refractivity contribution >= 4 is 11.4 Å². The number of carbonyl (C=O) groups is 1. The zero-order chi connectivity index (χ0) is 16.0. The lowest BCUT2D eigenvalue weighted by Crippen LogP contribution is -2.09. The number of rotatable bonds is 5. The molecule has 3 aromatic heterocycles. The Labute approximate surface area is 133 Å². The van der Waals surface area contributed by atoms with Gasteiger partial charge in [0.15, 0.2) is 23.1 Å². The van der Waals surface area contributed by atoms with Crippen LogP contribution in [0.1, 0.15) is 37.0 Å². The van der Waals surface area contributed by atoms with Crippen molar-refractivity contribution in [3.63, 3.8) is 0 Å². The van der Waals surface area contributed by atoms with E-state index < -0.39 is 0 Å². The largest absolute Gasteiger partial charge is 0.458 e. The quantitative estimate of drug-likeness (QED) is 0.724. The lowest BCUT2D eigenvalue weighted by Gasteiger charge is -2.04. The van der Waals surface area contributed by atoms with Crippen LogP contribution < -0.4 is 0 Å². The van der Waals surface area contributed by atoms with Gasteiger partial charge in [-0.15, -0.1) is 5.10 Å². The maximum atomic E-state index is 12.1. The molecular formula is C17H18N4O2. The summed E-state index contributed by atoms with van der Waals surface area (Å²) >= 11 is 0. The molecule has 0 unspecified atom stereocenters. The first-order chi connectivity index (χ1) is 11.1. The Morgan fingerprint density at radius 3 is 2.83 bits per heavy atom. The molecule has 0 saturated heterocycles. The van der Waals surface area contributed by atoms with Gasteiger partial charge in [-0.2, -0.15) is 4.52 Å². The summed E-state index contributed by atoms with van der Waals surface area (Å²) in [7, 11) is 0. The second kappa shape index (κ2) is 5.30. The maximum Gasteiger partial charge on any atom is 0.199 e. The van der Waals surface area contributed by atoms with Crippen LogP contribution in [0.25, 0.3) is 17.2 Å². The van der Waals surface area contributed by atoms with E-state index in [-0.39, 0.29) is 11.7 Å². The first-order valence-electron chi connectivity index (χ1n) is 7.99. The molecule has 0 radical (unpaired) electrons. The lowest BCUT2D eigenvalue weighted by molar-refractivity contribution is -0.119. The van der Waals surface area contributed by atoms with E-state index >= 15 is 0 Å². The monoisotopic (exact) mass is 310 g/mol. The van der Waals surface area contributed by atoms with Gasteiger partial charge in [0.05, 0.1) is 5.69 Å². The van der Waals surface area contributed by atoms with Gasteiger partial charge in [0.25, 0.3) is 0 Å². The van der Waals surface area contributed by atoms with Crippen LogP contribution in [-0.2, 0) is 17.6 Å². The number of fused-ring (bicyclic) bond motifs is 1. The second-order valence-electron chi connectivity index (χ2n) is 6.05. The van der Waals surface area contributed by atoms with E-state index in [0.717, 1.165) is 36.5 Å². The van der Waals surface area contributed by atoms with Gasteiger partial charge < -0.3 is 4.42 Å². The maximum absolute atomic E-state index is 12.1. The van der Waals surface area contributed by atoms with E-state index in [4.69, 9.17) is 4.42 Å². The van der Waals surface area contributed by atoms with Crippen molar-refractivity contribution in [2.24, 2.45) is 5.92 Å². The Morgan fingerprint density at radius 2 is 2.17 bits per heavy atom. The molecule has 0 atom stereocenters. The van der Waals surface area contributed by atoms with Crippen LogP contribution >= 0.6 is 0 Å². The average molecular weight is 310 g/mol. The van der Waals surface area contributed by atoms with E-state index in [1.807, 2.05) is 32.0 Å². The molecule has 0 aromatic carbocycles. The number of ketones is 1. The minimum Gasteiger partial charge on any atom is -0.458 e. The highest BCUT2D eigenvalue weighted by Crippen LogP contribution is 2.31. The molecule has 0 amide bonds. The van der Waals surface area contributed by atoms with Crippen LogP contribution in [0.4, 0.5) is 0 Å². The fourth-order valence-corrected chi connectivity index (χ4v) is 2.67. The molecule has 4 rings (SSSR count). The van der Waals surface area contributed by atoms with E-state index in [1.54, 1.807) is 4.52 Å². The van der Waals surface area contributed by atoms with Crippen molar-refractivity contribution in [2.75, 3.05) is 0 Å². The summed E-state index contributed by atoms with van der Waals surface area (Å²) < 4.78 is 7.40. The van der Waals surface area contributed by atoms with Crippen LogP contribution in [-0.4, -0.2) is 25.4 Å². The molecule has 0 spiro atoms. The minimum absolute atomic E-state index is 0.228. The highest BCUT2D eigenvalue weighted by molar-refractivity contribution is 5.85. The van der Waals surface area contributed by atoms with Crippen LogP contribution in [0.3, 0.4) is 0 Å². The van der Waals surface area contributed by atoms with Gasteiger partial charge in [-0.25, -0.2) is 9.97 Å². The number of aryl methyl sites for hydroxylation is 2.